The summed E-state index contributed by atoms with van der Waals surface area (Å²) in [7, 11) is 3.48. The Kier molecular flexibility index (Phi) is 8.81. The fourth-order valence-corrected chi connectivity index (χ4v) is 5.69. The standard InChI is InChI=1S/C36H38N6O3/c1-25-22-29(14-19-34(25)45-31-17-12-28(13-18-31)38-36(44)39-40(2)3)37-35(43)26-10-15-30(16-11-26)42-24-27(23-41-20-6-7-21-41)32-8-4-5-9-33(32)42/h4-5,8-19,22,24H,6-7,20-21,23H2,1-3H3,(H,37,43)(H2,38,39,44). The Morgan fingerprint density at radius 2 is 1.56 bits per heavy atom. The molecule has 0 spiro atoms. The number of fused-ring (bicyclic) bond motifs is 1. The lowest BCUT2D eigenvalue weighted by Crippen LogP contribution is -2.39. The summed E-state index contributed by atoms with van der Waals surface area (Å²) in [5.41, 5.74) is 8.93. The first-order valence-electron chi connectivity index (χ1n) is 15.2. The van der Waals surface area contributed by atoms with Crippen LogP contribution in [0, 0.1) is 6.92 Å². The summed E-state index contributed by atoms with van der Waals surface area (Å²) < 4.78 is 8.27. The van der Waals surface area contributed by atoms with Crippen LogP contribution in [0.4, 0.5) is 16.2 Å². The van der Waals surface area contributed by atoms with Crippen LogP contribution in [0.3, 0.4) is 0 Å². The number of amides is 3. The molecule has 1 aliphatic rings. The Bertz CT molecular complexity index is 1810. The van der Waals surface area contributed by atoms with Gasteiger partial charge in [-0.15, -0.1) is 0 Å². The largest absolute Gasteiger partial charge is 0.457 e. The minimum atomic E-state index is -0.325. The van der Waals surface area contributed by atoms with Gasteiger partial charge in [-0.1, -0.05) is 18.2 Å². The molecule has 0 aliphatic carbocycles. The molecule has 0 saturated carbocycles. The van der Waals surface area contributed by atoms with Crippen molar-refractivity contribution in [3.05, 3.63) is 114 Å². The molecule has 230 valence electrons. The van der Waals surface area contributed by atoms with Crippen molar-refractivity contribution in [2.75, 3.05) is 37.8 Å². The summed E-state index contributed by atoms with van der Waals surface area (Å²) in [5, 5.41) is 8.60. The minimum absolute atomic E-state index is 0.178. The molecule has 1 aromatic heterocycles. The topological polar surface area (TPSA) is 90.9 Å². The second kappa shape index (κ2) is 13.3. The number of nitrogens with zero attached hydrogens (tertiary/aromatic N) is 3. The first-order valence-corrected chi connectivity index (χ1v) is 15.2. The molecule has 9 nitrogen and oxygen atoms in total. The third-order valence-corrected chi connectivity index (χ3v) is 7.89. The van der Waals surface area contributed by atoms with Crippen LogP contribution in [0.1, 0.15) is 34.3 Å². The zero-order valence-corrected chi connectivity index (χ0v) is 25.8. The third-order valence-electron chi connectivity index (χ3n) is 7.89. The molecule has 6 rings (SSSR count). The molecule has 1 aliphatic heterocycles. The summed E-state index contributed by atoms with van der Waals surface area (Å²) in [6.45, 7) is 5.20. The summed E-state index contributed by atoms with van der Waals surface area (Å²) in [6, 6.07) is 28.6. The van der Waals surface area contributed by atoms with Gasteiger partial charge in [0.05, 0.1) is 5.52 Å². The number of hydrogen-bond acceptors (Lipinski definition) is 5. The van der Waals surface area contributed by atoms with Crippen LogP contribution in [0.15, 0.2) is 97.2 Å². The Morgan fingerprint density at radius 1 is 0.844 bits per heavy atom. The maximum absolute atomic E-state index is 13.1. The van der Waals surface area contributed by atoms with Crippen molar-refractivity contribution in [1.29, 1.82) is 0 Å². The smallest absolute Gasteiger partial charge is 0.333 e. The normalized spacial score (nSPS) is 13.2. The van der Waals surface area contributed by atoms with Gasteiger partial charge in [-0.2, -0.15) is 0 Å². The van der Waals surface area contributed by atoms with Gasteiger partial charge in [0, 0.05) is 54.8 Å². The third kappa shape index (κ3) is 7.17. The molecule has 4 aromatic carbocycles. The fourth-order valence-electron chi connectivity index (χ4n) is 5.69. The number of aromatic nitrogens is 1. The predicted molar refractivity (Wildman–Crippen MR) is 179 cm³/mol. The highest BCUT2D eigenvalue weighted by atomic mass is 16.5. The molecule has 0 unspecified atom stereocenters. The van der Waals surface area contributed by atoms with Gasteiger partial charge in [-0.05, 0) is 117 Å². The maximum atomic E-state index is 13.1. The van der Waals surface area contributed by atoms with E-state index in [1.165, 1.54) is 29.3 Å². The molecule has 1 fully saturated rings. The zero-order valence-electron chi connectivity index (χ0n) is 25.8. The summed E-state index contributed by atoms with van der Waals surface area (Å²) in [5.74, 6) is 1.13. The van der Waals surface area contributed by atoms with Crippen molar-refractivity contribution in [2.45, 2.75) is 26.3 Å². The number of ether oxygens (including phenoxy) is 1. The number of likely N-dealkylation sites (tertiary alicyclic amines) is 1. The minimum Gasteiger partial charge on any atom is -0.457 e. The van der Waals surface area contributed by atoms with Crippen LogP contribution >= 0.6 is 0 Å². The lowest BCUT2D eigenvalue weighted by Gasteiger charge is -2.14. The Morgan fingerprint density at radius 3 is 2.27 bits per heavy atom. The molecule has 3 N–H and O–H groups in total. The Labute approximate surface area is 263 Å². The van der Waals surface area contributed by atoms with E-state index in [4.69, 9.17) is 4.74 Å². The maximum Gasteiger partial charge on any atom is 0.333 e. The quantitative estimate of drug-likeness (QED) is 0.156. The SMILES string of the molecule is Cc1cc(NC(=O)c2ccc(-n3cc(CN4CCCC4)c4ccccc43)cc2)ccc1Oc1ccc(NC(=O)NN(C)C)cc1. The lowest BCUT2D eigenvalue weighted by molar-refractivity contribution is 0.102. The number of rotatable bonds is 9. The molecule has 2 heterocycles. The van der Waals surface area contributed by atoms with Crippen molar-refractivity contribution in [3.63, 3.8) is 0 Å². The summed E-state index contributed by atoms with van der Waals surface area (Å²) in [6.07, 6.45) is 4.78. The van der Waals surface area contributed by atoms with Crippen LogP contribution in [-0.2, 0) is 6.54 Å². The van der Waals surface area contributed by atoms with E-state index in [-0.39, 0.29) is 11.9 Å². The molecule has 5 aromatic rings. The number of hydrazine groups is 1. The van der Waals surface area contributed by atoms with E-state index in [0.29, 0.717) is 28.4 Å². The second-order valence-corrected chi connectivity index (χ2v) is 11.6. The molecular formula is C36H38N6O3. The number of benzene rings is 4. The molecule has 0 radical (unpaired) electrons. The van der Waals surface area contributed by atoms with E-state index in [9.17, 15) is 9.59 Å². The van der Waals surface area contributed by atoms with E-state index in [0.717, 1.165) is 30.9 Å². The first kappa shape index (κ1) is 29.9. The molecule has 45 heavy (non-hydrogen) atoms. The molecule has 0 bridgehead atoms. The van der Waals surface area contributed by atoms with Gasteiger partial charge in [-0.25, -0.2) is 9.80 Å². The van der Waals surface area contributed by atoms with E-state index in [1.54, 1.807) is 43.4 Å². The van der Waals surface area contributed by atoms with Crippen LogP contribution in [0.25, 0.3) is 16.6 Å². The summed E-state index contributed by atoms with van der Waals surface area (Å²) >= 11 is 0. The molecule has 1 saturated heterocycles. The fraction of sp³-hybridized carbons (Fsp3) is 0.222. The molecule has 3 amide bonds. The van der Waals surface area contributed by atoms with Crippen LogP contribution in [0.5, 0.6) is 11.5 Å². The zero-order chi connectivity index (χ0) is 31.3. The Hall–Kier alpha value is -5.12. The highest BCUT2D eigenvalue weighted by Gasteiger charge is 2.17. The predicted octanol–water partition coefficient (Wildman–Crippen LogP) is 7.18. The van der Waals surface area contributed by atoms with Crippen molar-refractivity contribution in [1.82, 2.24) is 19.9 Å². The number of urea groups is 1. The number of aryl methyl sites for hydroxylation is 1. The lowest BCUT2D eigenvalue weighted by atomic mass is 10.1. The molecular weight excluding hydrogens is 564 g/mol. The van der Waals surface area contributed by atoms with Crippen molar-refractivity contribution in [2.24, 2.45) is 0 Å². The van der Waals surface area contributed by atoms with Gasteiger partial charge in [0.15, 0.2) is 0 Å². The number of anilines is 2. The number of nitrogens with one attached hydrogen (secondary N) is 3. The van der Waals surface area contributed by atoms with Crippen LogP contribution in [0.2, 0.25) is 0 Å². The number of hydrogen-bond donors (Lipinski definition) is 3. The van der Waals surface area contributed by atoms with Crippen LogP contribution < -0.4 is 20.8 Å². The van der Waals surface area contributed by atoms with Gasteiger partial charge in [0.2, 0.25) is 0 Å². The van der Waals surface area contributed by atoms with Gasteiger partial charge in [0.25, 0.3) is 5.91 Å². The highest BCUT2D eigenvalue weighted by Crippen LogP contribution is 2.30. The first-order chi connectivity index (χ1) is 21.8. The summed E-state index contributed by atoms with van der Waals surface area (Å²) in [4.78, 5) is 27.5. The van der Waals surface area contributed by atoms with E-state index in [2.05, 4.69) is 56.0 Å². The highest BCUT2D eigenvalue weighted by molar-refractivity contribution is 6.04. The number of carbonyl (C=O) groups excluding carboxylic acids is 2. The van der Waals surface area contributed by atoms with Gasteiger partial charge in [0.1, 0.15) is 11.5 Å². The molecule has 0 atom stereocenters. The van der Waals surface area contributed by atoms with E-state index < -0.39 is 0 Å². The molecule has 9 heteroatoms. The number of carbonyl (C=O) groups is 2. The van der Waals surface area contributed by atoms with Crippen molar-refractivity contribution < 1.29 is 14.3 Å². The van der Waals surface area contributed by atoms with Crippen LogP contribution in [-0.4, -0.2) is 53.6 Å². The Balaban J connectivity index is 1.09. The second-order valence-electron chi connectivity index (χ2n) is 11.6. The van der Waals surface area contributed by atoms with Gasteiger partial charge in [-0.3, -0.25) is 15.1 Å². The van der Waals surface area contributed by atoms with E-state index in [1.807, 2.05) is 49.4 Å². The van der Waals surface area contributed by atoms with Gasteiger partial charge >= 0.3 is 6.03 Å². The average Bonchev–Trinajstić information content (AvgIpc) is 3.67. The van der Waals surface area contributed by atoms with Crippen molar-refractivity contribution in [3.8, 4) is 17.2 Å². The monoisotopic (exact) mass is 602 g/mol. The van der Waals surface area contributed by atoms with E-state index >= 15 is 0 Å². The number of para-hydroxylation sites is 1. The van der Waals surface area contributed by atoms with Gasteiger partial charge < -0.3 is 19.9 Å². The average molecular weight is 603 g/mol. The van der Waals surface area contributed by atoms with Crippen molar-refractivity contribution >= 4 is 34.2 Å².